The molecule has 0 saturated heterocycles. The Morgan fingerprint density at radius 2 is 0.796 bits per heavy atom. The van der Waals surface area contributed by atoms with Crippen molar-refractivity contribution in [3.8, 4) is 0 Å². The molecule has 0 aromatic rings. The number of hydrogen-bond acceptors (Lipinski definition) is 6. The molecule has 6 nitrogen and oxygen atoms in total. The molecular weight excluding hydrogens is 673 g/mol. The standard InChI is InChI=1S/C48H82O6/c1-4-7-10-13-16-19-21-23-24-25-27-29-32-35-38-41-47(50)53-44-45(43-52-46(49)40-37-34-31-28-18-15-12-9-6-3)54-48(51)42-39-36-33-30-26-22-20-17-14-11-8-5-2/h9,12,17-21,28,34,37,45H,4-8,10-11,13-16,22-27,29-33,35-36,38-44H2,1-3H3/b12-9-,20-17-,21-19-,28-18-,37-34-. The lowest BCUT2D eigenvalue weighted by molar-refractivity contribution is -0.166. The molecule has 54 heavy (non-hydrogen) atoms. The summed E-state index contributed by atoms with van der Waals surface area (Å²) in [7, 11) is 0. The number of unbranched alkanes of at least 4 members (excludes halogenated alkanes) is 19. The molecule has 0 aliphatic heterocycles. The highest BCUT2D eigenvalue weighted by Crippen LogP contribution is 2.13. The fourth-order valence-corrected chi connectivity index (χ4v) is 5.90. The van der Waals surface area contributed by atoms with Gasteiger partial charge >= 0.3 is 17.9 Å². The molecule has 0 bridgehead atoms. The molecule has 6 heteroatoms. The molecule has 0 aromatic carbocycles. The summed E-state index contributed by atoms with van der Waals surface area (Å²) in [6, 6.07) is 0. The first-order valence-corrected chi connectivity index (χ1v) is 22.3. The Labute approximate surface area is 332 Å². The van der Waals surface area contributed by atoms with Gasteiger partial charge in [-0.15, -0.1) is 0 Å². The highest BCUT2D eigenvalue weighted by molar-refractivity contribution is 5.72. The molecule has 0 radical (unpaired) electrons. The van der Waals surface area contributed by atoms with Crippen molar-refractivity contribution in [2.75, 3.05) is 13.2 Å². The maximum Gasteiger partial charge on any atom is 0.309 e. The molecule has 0 fully saturated rings. The van der Waals surface area contributed by atoms with Crippen molar-refractivity contribution in [2.45, 2.75) is 213 Å². The van der Waals surface area contributed by atoms with Crippen LogP contribution in [0.15, 0.2) is 60.8 Å². The second kappa shape index (κ2) is 42.8. The van der Waals surface area contributed by atoms with Crippen LogP contribution in [0.3, 0.4) is 0 Å². The zero-order valence-electron chi connectivity index (χ0n) is 35.2. The van der Waals surface area contributed by atoms with Gasteiger partial charge in [0.15, 0.2) is 6.10 Å². The Hall–Kier alpha value is -2.89. The van der Waals surface area contributed by atoms with Crippen molar-refractivity contribution in [2.24, 2.45) is 0 Å². The molecule has 0 saturated carbocycles. The Morgan fingerprint density at radius 3 is 1.31 bits per heavy atom. The molecule has 0 N–H and O–H groups in total. The summed E-state index contributed by atoms with van der Waals surface area (Å²) >= 11 is 0. The van der Waals surface area contributed by atoms with Gasteiger partial charge in [-0.05, 0) is 83.5 Å². The van der Waals surface area contributed by atoms with E-state index in [0.717, 1.165) is 70.6 Å². The van der Waals surface area contributed by atoms with Crippen LogP contribution >= 0.6 is 0 Å². The van der Waals surface area contributed by atoms with E-state index in [1.54, 1.807) is 6.08 Å². The van der Waals surface area contributed by atoms with E-state index in [0.29, 0.717) is 12.8 Å². The van der Waals surface area contributed by atoms with Gasteiger partial charge in [0.2, 0.25) is 0 Å². The lowest BCUT2D eigenvalue weighted by atomic mass is 10.1. The normalized spacial score (nSPS) is 12.6. The van der Waals surface area contributed by atoms with Crippen LogP contribution < -0.4 is 0 Å². The van der Waals surface area contributed by atoms with Crippen molar-refractivity contribution < 1.29 is 28.6 Å². The van der Waals surface area contributed by atoms with Crippen LogP contribution in [0.1, 0.15) is 207 Å². The van der Waals surface area contributed by atoms with E-state index in [1.807, 2.05) is 6.08 Å². The minimum atomic E-state index is -0.812. The van der Waals surface area contributed by atoms with Gasteiger partial charge in [-0.2, -0.15) is 0 Å². The average Bonchev–Trinajstić information content (AvgIpc) is 3.17. The smallest absolute Gasteiger partial charge is 0.309 e. The van der Waals surface area contributed by atoms with Gasteiger partial charge in [0.25, 0.3) is 0 Å². The van der Waals surface area contributed by atoms with Gasteiger partial charge in [-0.25, -0.2) is 0 Å². The maximum absolute atomic E-state index is 12.7. The molecular formula is C48H82O6. The van der Waals surface area contributed by atoms with Crippen LogP contribution in [0.25, 0.3) is 0 Å². The lowest BCUT2D eigenvalue weighted by Gasteiger charge is -2.18. The number of allylic oxidation sites excluding steroid dienone is 9. The van der Waals surface area contributed by atoms with Gasteiger partial charge in [-0.3, -0.25) is 14.4 Å². The summed E-state index contributed by atoms with van der Waals surface area (Å²) in [6.07, 6.45) is 50.9. The van der Waals surface area contributed by atoms with Crippen LogP contribution in [-0.4, -0.2) is 37.2 Å². The van der Waals surface area contributed by atoms with E-state index in [9.17, 15) is 14.4 Å². The molecule has 1 atom stereocenters. The quantitative estimate of drug-likeness (QED) is 0.0269. The number of hydrogen-bond donors (Lipinski definition) is 0. The van der Waals surface area contributed by atoms with E-state index in [4.69, 9.17) is 14.2 Å². The first kappa shape index (κ1) is 51.1. The van der Waals surface area contributed by atoms with Crippen LogP contribution in [-0.2, 0) is 28.6 Å². The van der Waals surface area contributed by atoms with Gasteiger partial charge in [0, 0.05) is 12.8 Å². The largest absolute Gasteiger partial charge is 0.462 e. The third-order valence-electron chi connectivity index (χ3n) is 9.26. The zero-order valence-corrected chi connectivity index (χ0v) is 35.2. The monoisotopic (exact) mass is 755 g/mol. The number of carbonyl (C=O) groups excluding carboxylic acids is 3. The predicted molar refractivity (Wildman–Crippen MR) is 228 cm³/mol. The number of ether oxygens (including phenoxy) is 3. The summed E-state index contributed by atoms with van der Waals surface area (Å²) in [5, 5.41) is 0. The van der Waals surface area contributed by atoms with E-state index < -0.39 is 12.1 Å². The topological polar surface area (TPSA) is 78.9 Å². The first-order valence-electron chi connectivity index (χ1n) is 22.3. The maximum atomic E-state index is 12.7. The van der Waals surface area contributed by atoms with Crippen molar-refractivity contribution in [1.29, 1.82) is 0 Å². The number of carbonyl (C=O) groups is 3. The molecule has 1 unspecified atom stereocenters. The Bertz CT molecular complexity index is 1010. The van der Waals surface area contributed by atoms with Crippen LogP contribution in [0, 0.1) is 0 Å². The number of rotatable bonds is 39. The molecule has 0 amide bonds. The summed E-state index contributed by atoms with van der Waals surface area (Å²) in [5.41, 5.74) is 0. The van der Waals surface area contributed by atoms with Gasteiger partial charge < -0.3 is 14.2 Å². The van der Waals surface area contributed by atoms with E-state index >= 15 is 0 Å². The van der Waals surface area contributed by atoms with Crippen LogP contribution in [0.5, 0.6) is 0 Å². The van der Waals surface area contributed by atoms with E-state index in [2.05, 4.69) is 69.4 Å². The second-order valence-electron chi connectivity index (χ2n) is 14.6. The summed E-state index contributed by atoms with van der Waals surface area (Å²) < 4.78 is 16.6. The Balaban J connectivity index is 4.43. The van der Waals surface area contributed by atoms with Gasteiger partial charge in [0.05, 0.1) is 6.42 Å². The summed E-state index contributed by atoms with van der Waals surface area (Å²) in [4.78, 5) is 37.6. The Kier molecular flexibility index (Phi) is 40.6. The zero-order chi connectivity index (χ0) is 39.4. The third kappa shape index (κ3) is 40.3. The molecule has 0 spiro atoms. The Morgan fingerprint density at radius 1 is 0.407 bits per heavy atom. The van der Waals surface area contributed by atoms with E-state index in [-0.39, 0.29) is 31.6 Å². The van der Waals surface area contributed by atoms with Crippen LogP contribution in [0.4, 0.5) is 0 Å². The van der Waals surface area contributed by atoms with Crippen molar-refractivity contribution in [1.82, 2.24) is 0 Å². The van der Waals surface area contributed by atoms with Crippen molar-refractivity contribution in [3.63, 3.8) is 0 Å². The number of esters is 3. The molecule has 0 heterocycles. The van der Waals surface area contributed by atoms with E-state index in [1.165, 1.54) is 96.3 Å². The van der Waals surface area contributed by atoms with Crippen molar-refractivity contribution >= 4 is 17.9 Å². The minimum Gasteiger partial charge on any atom is -0.462 e. The molecule has 0 rings (SSSR count). The fourth-order valence-electron chi connectivity index (χ4n) is 5.90. The molecule has 310 valence electrons. The van der Waals surface area contributed by atoms with Crippen molar-refractivity contribution in [3.05, 3.63) is 60.8 Å². The highest BCUT2D eigenvalue weighted by atomic mass is 16.6. The van der Waals surface area contributed by atoms with Gasteiger partial charge in [0.1, 0.15) is 13.2 Å². The molecule has 0 aromatic heterocycles. The first-order chi connectivity index (χ1) is 26.5. The fraction of sp³-hybridized carbons (Fsp3) is 0.729. The lowest BCUT2D eigenvalue weighted by Crippen LogP contribution is -2.30. The third-order valence-corrected chi connectivity index (χ3v) is 9.26. The summed E-state index contributed by atoms with van der Waals surface area (Å²) in [5.74, 6) is -1.06. The van der Waals surface area contributed by atoms with Gasteiger partial charge in [-0.1, -0.05) is 165 Å². The van der Waals surface area contributed by atoms with Crippen LogP contribution in [0.2, 0.25) is 0 Å². The summed E-state index contributed by atoms with van der Waals surface area (Å²) in [6.45, 7) is 6.36. The minimum absolute atomic E-state index is 0.107. The highest BCUT2D eigenvalue weighted by Gasteiger charge is 2.19. The SMILES string of the molecule is CC/C=C\C/C=C\C/C=C\CC(=O)OCC(COC(=O)CCCCCCCCC/C=C\CCCCCC)OC(=O)CCCCCCC/C=C\CCCCC. The molecule has 0 aliphatic carbocycles. The second-order valence-corrected chi connectivity index (χ2v) is 14.6. The predicted octanol–water partition coefficient (Wildman–Crippen LogP) is 14.1. The average molecular weight is 755 g/mol. The molecule has 0 aliphatic rings.